The highest BCUT2D eigenvalue weighted by molar-refractivity contribution is 5.52. The maximum Gasteiger partial charge on any atom is 0.320 e. The molecule has 2 aromatic rings. The summed E-state index contributed by atoms with van der Waals surface area (Å²) in [5.41, 5.74) is 1.14. The minimum Gasteiger partial charge on any atom is -0.406 e. The Labute approximate surface area is 117 Å². The van der Waals surface area contributed by atoms with Crippen molar-refractivity contribution >= 4 is 11.7 Å². The van der Waals surface area contributed by atoms with Crippen molar-refractivity contribution < 1.29 is 8.81 Å². The van der Waals surface area contributed by atoms with Crippen molar-refractivity contribution in [3.05, 3.63) is 35.5 Å². The van der Waals surface area contributed by atoms with E-state index in [1.807, 2.05) is 0 Å². The highest BCUT2D eigenvalue weighted by atomic mass is 19.1. The van der Waals surface area contributed by atoms with Gasteiger partial charge in [0.15, 0.2) is 0 Å². The molecule has 1 aromatic carbocycles. The number of rotatable bonds is 4. The van der Waals surface area contributed by atoms with Gasteiger partial charge in [0.25, 0.3) is 0 Å². The summed E-state index contributed by atoms with van der Waals surface area (Å²) in [5.74, 6) is 0.208. The molecule has 20 heavy (non-hydrogen) atoms. The van der Waals surface area contributed by atoms with Crippen molar-refractivity contribution in [2.45, 2.75) is 39.8 Å². The predicted molar refractivity (Wildman–Crippen MR) is 75.3 cm³/mol. The molecule has 0 saturated carbocycles. The summed E-state index contributed by atoms with van der Waals surface area (Å²) in [6, 6.07) is 5.09. The molecule has 2 rings (SSSR count). The Bertz CT molecular complexity index is 589. The highest BCUT2D eigenvalue weighted by Gasteiger charge is 2.12. The second-order valence-corrected chi connectivity index (χ2v) is 5.69. The van der Waals surface area contributed by atoms with Crippen LogP contribution in [0.25, 0.3) is 0 Å². The molecule has 2 N–H and O–H groups in total. The second-order valence-electron chi connectivity index (χ2n) is 5.69. The van der Waals surface area contributed by atoms with Crippen molar-refractivity contribution in [1.82, 2.24) is 15.5 Å². The highest BCUT2D eigenvalue weighted by Crippen LogP contribution is 2.18. The van der Waals surface area contributed by atoms with Crippen molar-refractivity contribution in [1.29, 1.82) is 0 Å². The zero-order chi connectivity index (χ0) is 14.8. The first-order valence-electron chi connectivity index (χ1n) is 6.44. The molecule has 0 saturated heterocycles. The average Bonchev–Trinajstić information content (AvgIpc) is 2.78. The van der Waals surface area contributed by atoms with Crippen LogP contribution in [0.2, 0.25) is 0 Å². The number of hydrogen-bond acceptors (Lipinski definition) is 5. The number of nitrogens with one attached hydrogen (secondary N) is 2. The normalized spacial score (nSPS) is 11.7. The predicted octanol–water partition coefficient (Wildman–Crippen LogP) is 3.15. The first-order valence-corrected chi connectivity index (χ1v) is 6.44. The van der Waals surface area contributed by atoms with Crippen LogP contribution < -0.4 is 10.6 Å². The summed E-state index contributed by atoms with van der Waals surface area (Å²) in [6.45, 7) is 8.36. The molecule has 5 nitrogen and oxygen atoms in total. The molecule has 0 atom stereocenters. The topological polar surface area (TPSA) is 63.0 Å². The Kier molecular flexibility index (Phi) is 4.04. The van der Waals surface area contributed by atoms with Crippen molar-refractivity contribution in [2.24, 2.45) is 0 Å². The van der Waals surface area contributed by atoms with E-state index in [-0.39, 0.29) is 17.4 Å². The number of aryl methyl sites for hydroxylation is 1. The summed E-state index contributed by atoms with van der Waals surface area (Å²) in [5, 5.41) is 13.9. The monoisotopic (exact) mass is 278 g/mol. The fourth-order valence-electron chi connectivity index (χ4n) is 1.51. The SMILES string of the molecule is Cc1ccc(Nc2nnc(CNC(C)(C)C)o2)cc1F. The Morgan fingerprint density at radius 2 is 2.00 bits per heavy atom. The van der Waals surface area contributed by atoms with Gasteiger partial charge in [0.05, 0.1) is 6.54 Å². The maximum absolute atomic E-state index is 13.4. The fraction of sp³-hybridized carbons (Fsp3) is 0.429. The average molecular weight is 278 g/mol. The van der Waals surface area contributed by atoms with Crippen molar-refractivity contribution in [2.75, 3.05) is 5.32 Å². The molecule has 6 heteroatoms. The Morgan fingerprint density at radius 1 is 1.25 bits per heavy atom. The van der Waals surface area contributed by atoms with E-state index in [0.29, 0.717) is 23.7 Å². The van der Waals surface area contributed by atoms with E-state index in [9.17, 15) is 4.39 Å². The van der Waals surface area contributed by atoms with Gasteiger partial charge in [-0.05, 0) is 45.4 Å². The van der Waals surface area contributed by atoms with Gasteiger partial charge in [-0.25, -0.2) is 4.39 Å². The third-order valence-corrected chi connectivity index (χ3v) is 2.66. The van der Waals surface area contributed by atoms with Gasteiger partial charge in [-0.1, -0.05) is 11.2 Å². The number of nitrogens with zero attached hydrogens (tertiary/aromatic N) is 2. The summed E-state index contributed by atoms with van der Waals surface area (Å²) in [4.78, 5) is 0. The number of anilines is 2. The van der Waals surface area contributed by atoms with E-state index in [1.54, 1.807) is 19.1 Å². The zero-order valence-corrected chi connectivity index (χ0v) is 12.1. The summed E-state index contributed by atoms with van der Waals surface area (Å²) in [6.07, 6.45) is 0. The molecule has 0 aliphatic carbocycles. The van der Waals surface area contributed by atoms with E-state index >= 15 is 0 Å². The lowest BCUT2D eigenvalue weighted by Crippen LogP contribution is -2.35. The lowest BCUT2D eigenvalue weighted by molar-refractivity contribution is 0.384. The van der Waals surface area contributed by atoms with Crippen LogP contribution in [0, 0.1) is 12.7 Å². The molecule has 0 amide bonds. The van der Waals surface area contributed by atoms with Gasteiger partial charge in [0, 0.05) is 11.2 Å². The lowest BCUT2D eigenvalue weighted by Gasteiger charge is -2.18. The number of aromatic nitrogens is 2. The third-order valence-electron chi connectivity index (χ3n) is 2.66. The smallest absolute Gasteiger partial charge is 0.320 e. The van der Waals surface area contributed by atoms with Crippen LogP contribution in [0.5, 0.6) is 0 Å². The Balaban J connectivity index is 2.00. The maximum atomic E-state index is 13.4. The Hall–Kier alpha value is -1.95. The van der Waals surface area contributed by atoms with Gasteiger partial charge < -0.3 is 15.1 Å². The molecule has 1 aromatic heterocycles. The van der Waals surface area contributed by atoms with Gasteiger partial charge in [-0.3, -0.25) is 0 Å². The molecule has 0 radical (unpaired) electrons. The van der Waals surface area contributed by atoms with E-state index in [2.05, 4.69) is 41.6 Å². The molecule has 0 bridgehead atoms. The van der Waals surface area contributed by atoms with Gasteiger partial charge >= 0.3 is 6.01 Å². The molecular weight excluding hydrogens is 259 g/mol. The number of halogens is 1. The largest absolute Gasteiger partial charge is 0.406 e. The summed E-state index contributed by atoms with van der Waals surface area (Å²) < 4.78 is 18.9. The molecule has 0 spiro atoms. The van der Waals surface area contributed by atoms with E-state index < -0.39 is 0 Å². The molecule has 0 fully saturated rings. The van der Waals surface area contributed by atoms with E-state index in [1.165, 1.54) is 6.07 Å². The molecule has 0 aliphatic rings. The molecule has 108 valence electrons. The molecule has 0 unspecified atom stereocenters. The van der Waals surface area contributed by atoms with Crippen LogP contribution in [-0.2, 0) is 6.54 Å². The van der Waals surface area contributed by atoms with Crippen LogP contribution >= 0.6 is 0 Å². The molecule has 1 heterocycles. The van der Waals surface area contributed by atoms with Crippen LogP contribution in [0.3, 0.4) is 0 Å². The van der Waals surface area contributed by atoms with Crippen molar-refractivity contribution in [3.63, 3.8) is 0 Å². The van der Waals surface area contributed by atoms with E-state index in [4.69, 9.17) is 4.42 Å². The number of benzene rings is 1. The van der Waals surface area contributed by atoms with E-state index in [0.717, 1.165) is 0 Å². The zero-order valence-electron chi connectivity index (χ0n) is 12.1. The fourth-order valence-corrected chi connectivity index (χ4v) is 1.51. The molecular formula is C14H19FN4O. The van der Waals surface area contributed by atoms with Gasteiger partial charge in [0.1, 0.15) is 5.82 Å². The minimum atomic E-state index is -0.274. The van der Waals surface area contributed by atoms with Gasteiger partial charge in [0.2, 0.25) is 5.89 Å². The van der Waals surface area contributed by atoms with Crippen molar-refractivity contribution in [3.8, 4) is 0 Å². The second kappa shape index (κ2) is 5.58. The van der Waals surface area contributed by atoms with Crippen LogP contribution in [0.4, 0.5) is 16.1 Å². The third kappa shape index (κ3) is 4.03. The first kappa shape index (κ1) is 14.5. The first-order chi connectivity index (χ1) is 9.33. The standard InChI is InChI=1S/C14H19FN4O/c1-9-5-6-10(7-11(9)15)17-13-19-18-12(20-13)8-16-14(2,3)4/h5-7,16H,8H2,1-4H3,(H,17,19). The summed E-state index contributed by atoms with van der Waals surface area (Å²) >= 11 is 0. The quantitative estimate of drug-likeness (QED) is 0.899. The minimum absolute atomic E-state index is 0.0256. The van der Waals surface area contributed by atoms with Gasteiger partial charge in [-0.15, -0.1) is 5.10 Å². The van der Waals surface area contributed by atoms with Crippen LogP contribution in [0.1, 0.15) is 32.2 Å². The van der Waals surface area contributed by atoms with Crippen LogP contribution in [0.15, 0.2) is 22.6 Å². The molecule has 0 aliphatic heterocycles. The number of hydrogen-bond donors (Lipinski definition) is 2. The summed E-state index contributed by atoms with van der Waals surface area (Å²) in [7, 11) is 0. The van der Waals surface area contributed by atoms with Crippen LogP contribution in [-0.4, -0.2) is 15.7 Å². The Morgan fingerprint density at radius 3 is 2.65 bits per heavy atom. The lowest BCUT2D eigenvalue weighted by atomic mass is 10.1. The van der Waals surface area contributed by atoms with Gasteiger partial charge in [-0.2, -0.15) is 0 Å².